The molecule has 0 radical (unpaired) electrons. The summed E-state index contributed by atoms with van der Waals surface area (Å²) in [6, 6.07) is 5.81. The molecule has 0 spiro atoms. The largest absolute Gasteiger partial charge is 0.464 e. The van der Waals surface area contributed by atoms with Gasteiger partial charge in [-0.3, -0.25) is 0 Å². The van der Waals surface area contributed by atoms with Crippen molar-refractivity contribution in [3.8, 4) is 0 Å². The van der Waals surface area contributed by atoms with E-state index in [0.717, 1.165) is 0 Å². The smallest absolute Gasteiger partial charge is 0.335 e. The normalized spacial score (nSPS) is 14.2. The Morgan fingerprint density at radius 2 is 2.25 bits per heavy atom. The van der Waals surface area contributed by atoms with Crippen LogP contribution in [0.5, 0.6) is 0 Å². The average molecular weight is 226 g/mol. The molecule has 0 bridgehead atoms. The van der Waals surface area contributed by atoms with E-state index in [-0.39, 0.29) is 12.4 Å². The van der Waals surface area contributed by atoms with E-state index in [2.05, 4.69) is 0 Å². The van der Waals surface area contributed by atoms with E-state index < -0.39 is 18.0 Å². The Bertz CT molecular complexity index is 365. The highest BCUT2D eigenvalue weighted by molar-refractivity contribution is 5.75. The lowest BCUT2D eigenvalue weighted by atomic mass is 9.95. The zero-order chi connectivity index (χ0) is 12.1. The molecule has 1 aromatic rings. The molecule has 0 aromatic heterocycles. The van der Waals surface area contributed by atoms with Crippen molar-refractivity contribution in [2.75, 3.05) is 6.61 Å². The number of hydrogen-bond donors (Lipinski definition) is 1. The van der Waals surface area contributed by atoms with Gasteiger partial charge in [-0.1, -0.05) is 19.1 Å². The van der Waals surface area contributed by atoms with Crippen LogP contribution in [0.3, 0.4) is 0 Å². The van der Waals surface area contributed by atoms with Crippen molar-refractivity contribution in [2.45, 2.75) is 25.9 Å². The van der Waals surface area contributed by atoms with Gasteiger partial charge < -0.3 is 9.84 Å². The molecule has 0 saturated heterocycles. The minimum Gasteiger partial charge on any atom is -0.464 e. The molecule has 0 aliphatic rings. The highest BCUT2D eigenvalue weighted by Gasteiger charge is 2.24. The standard InChI is InChI=1S/C12H15FO3/c1-3-16-12(15)11(14)8(2)9-5-4-6-10(13)7-9/h4-8,11,14H,3H2,1-2H3. The summed E-state index contributed by atoms with van der Waals surface area (Å²) >= 11 is 0. The summed E-state index contributed by atoms with van der Waals surface area (Å²) in [5, 5.41) is 9.66. The Hall–Kier alpha value is -1.42. The molecule has 16 heavy (non-hydrogen) atoms. The van der Waals surface area contributed by atoms with Crippen LogP contribution in [-0.2, 0) is 9.53 Å². The maximum atomic E-state index is 12.9. The van der Waals surface area contributed by atoms with Gasteiger partial charge in [0.2, 0.25) is 0 Å². The second kappa shape index (κ2) is 5.61. The Kier molecular flexibility index (Phi) is 4.43. The highest BCUT2D eigenvalue weighted by atomic mass is 19.1. The molecule has 0 amide bonds. The lowest BCUT2D eigenvalue weighted by Crippen LogP contribution is -2.28. The molecule has 0 heterocycles. The average Bonchev–Trinajstić information content (AvgIpc) is 2.27. The maximum absolute atomic E-state index is 12.9. The van der Waals surface area contributed by atoms with E-state index in [1.165, 1.54) is 12.1 Å². The van der Waals surface area contributed by atoms with E-state index in [4.69, 9.17) is 4.74 Å². The van der Waals surface area contributed by atoms with Crippen molar-refractivity contribution in [1.29, 1.82) is 0 Å². The van der Waals surface area contributed by atoms with Crippen LogP contribution in [0.15, 0.2) is 24.3 Å². The first kappa shape index (κ1) is 12.6. The van der Waals surface area contributed by atoms with Crippen LogP contribution in [0.4, 0.5) is 4.39 Å². The SMILES string of the molecule is CCOC(=O)C(O)C(C)c1cccc(F)c1. The van der Waals surface area contributed by atoms with E-state index >= 15 is 0 Å². The Morgan fingerprint density at radius 1 is 1.56 bits per heavy atom. The molecular formula is C12H15FO3. The molecule has 3 nitrogen and oxygen atoms in total. The van der Waals surface area contributed by atoms with E-state index in [0.29, 0.717) is 5.56 Å². The molecule has 2 atom stereocenters. The molecule has 1 aromatic carbocycles. The van der Waals surface area contributed by atoms with Gasteiger partial charge in [-0.25, -0.2) is 9.18 Å². The summed E-state index contributed by atoms with van der Waals surface area (Å²) in [5.74, 6) is -1.56. The lowest BCUT2D eigenvalue weighted by molar-refractivity contribution is -0.154. The van der Waals surface area contributed by atoms with Gasteiger partial charge in [-0.2, -0.15) is 0 Å². The molecule has 4 heteroatoms. The minimum absolute atomic E-state index is 0.214. The van der Waals surface area contributed by atoms with E-state index in [1.54, 1.807) is 26.0 Å². The molecular weight excluding hydrogens is 211 g/mol. The fourth-order valence-electron chi connectivity index (χ4n) is 1.40. The summed E-state index contributed by atoms with van der Waals surface area (Å²) < 4.78 is 17.6. The van der Waals surface area contributed by atoms with Crippen LogP contribution < -0.4 is 0 Å². The van der Waals surface area contributed by atoms with Gasteiger partial charge in [-0.05, 0) is 24.6 Å². The molecule has 0 aliphatic carbocycles. The van der Waals surface area contributed by atoms with Crippen molar-refractivity contribution >= 4 is 5.97 Å². The summed E-state index contributed by atoms with van der Waals surface area (Å²) in [5.41, 5.74) is 0.570. The first-order chi connectivity index (χ1) is 7.56. The van der Waals surface area contributed by atoms with Crippen molar-refractivity contribution in [3.05, 3.63) is 35.6 Å². The van der Waals surface area contributed by atoms with Crippen molar-refractivity contribution in [1.82, 2.24) is 0 Å². The van der Waals surface area contributed by atoms with Gasteiger partial charge >= 0.3 is 5.97 Å². The number of halogens is 1. The van der Waals surface area contributed by atoms with Gasteiger partial charge in [-0.15, -0.1) is 0 Å². The summed E-state index contributed by atoms with van der Waals surface area (Å²) in [6.45, 7) is 3.53. The van der Waals surface area contributed by atoms with Crippen LogP contribution in [0.25, 0.3) is 0 Å². The number of aliphatic hydroxyl groups excluding tert-OH is 1. The van der Waals surface area contributed by atoms with Crippen LogP contribution in [0.1, 0.15) is 25.3 Å². The number of benzene rings is 1. The van der Waals surface area contributed by atoms with Gasteiger partial charge in [0.15, 0.2) is 6.10 Å². The van der Waals surface area contributed by atoms with Crippen LogP contribution in [0.2, 0.25) is 0 Å². The topological polar surface area (TPSA) is 46.5 Å². The molecule has 0 saturated carbocycles. The van der Waals surface area contributed by atoms with Gasteiger partial charge in [0.1, 0.15) is 5.82 Å². The minimum atomic E-state index is -1.26. The summed E-state index contributed by atoms with van der Waals surface area (Å²) in [7, 11) is 0. The predicted molar refractivity (Wildman–Crippen MR) is 57.5 cm³/mol. The monoisotopic (exact) mass is 226 g/mol. The van der Waals surface area contributed by atoms with Gasteiger partial charge in [0.05, 0.1) is 6.61 Å². The molecule has 0 fully saturated rings. The summed E-state index contributed by atoms with van der Waals surface area (Å²) in [4.78, 5) is 11.3. The zero-order valence-electron chi connectivity index (χ0n) is 9.31. The van der Waals surface area contributed by atoms with E-state index in [1.807, 2.05) is 0 Å². The third-order valence-electron chi connectivity index (χ3n) is 2.38. The highest BCUT2D eigenvalue weighted by Crippen LogP contribution is 2.20. The zero-order valence-corrected chi connectivity index (χ0v) is 9.31. The van der Waals surface area contributed by atoms with Crippen LogP contribution in [0, 0.1) is 5.82 Å². The fraction of sp³-hybridized carbons (Fsp3) is 0.417. The number of hydrogen-bond acceptors (Lipinski definition) is 3. The first-order valence-corrected chi connectivity index (χ1v) is 5.16. The second-order valence-corrected chi connectivity index (χ2v) is 3.54. The van der Waals surface area contributed by atoms with Crippen molar-refractivity contribution < 1.29 is 19.0 Å². The summed E-state index contributed by atoms with van der Waals surface area (Å²) in [6.07, 6.45) is -1.26. The van der Waals surface area contributed by atoms with Crippen LogP contribution >= 0.6 is 0 Å². The third kappa shape index (κ3) is 3.03. The van der Waals surface area contributed by atoms with Crippen molar-refractivity contribution in [2.24, 2.45) is 0 Å². The van der Waals surface area contributed by atoms with E-state index in [9.17, 15) is 14.3 Å². The number of aliphatic hydroxyl groups is 1. The first-order valence-electron chi connectivity index (χ1n) is 5.16. The van der Waals surface area contributed by atoms with Crippen LogP contribution in [-0.4, -0.2) is 23.8 Å². The van der Waals surface area contributed by atoms with Gasteiger partial charge in [0, 0.05) is 5.92 Å². The fourth-order valence-corrected chi connectivity index (χ4v) is 1.40. The Labute approximate surface area is 93.9 Å². The molecule has 2 unspecified atom stereocenters. The predicted octanol–water partition coefficient (Wildman–Crippen LogP) is 1.85. The maximum Gasteiger partial charge on any atom is 0.335 e. The molecule has 1 N–H and O–H groups in total. The number of rotatable bonds is 4. The number of ether oxygens (including phenoxy) is 1. The second-order valence-electron chi connectivity index (χ2n) is 3.54. The molecule has 0 aliphatic heterocycles. The quantitative estimate of drug-likeness (QED) is 0.797. The van der Waals surface area contributed by atoms with Crippen molar-refractivity contribution in [3.63, 3.8) is 0 Å². The molecule has 1 rings (SSSR count). The van der Waals surface area contributed by atoms with Gasteiger partial charge in [0.25, 0.3) is 0 Å². The number of carbonyl (C=O) groups excluding carboxylic acids is 1. The Balaban J connectivity index is 2.77. The third-order valence-corrected chi connectivity index (χ3v) is 2.38. The Morgan fingerprint density at radius 3 is 2.81 bits per heavy atom. The molecule has 88 valence electrons. The number of esters is 1. The lowest BCUT2D eigenvalue weighted by Gasteiger charge is -2.17. The number of carbonyl (C=O) groups is 1.